The van der Waals surface area contributed by atoms with E-state index in [0.717, 1.165) is 33.3 Å². The molecule has 1 N–H and O–H groups in total. The lowest BCUT2D eigenvalue weighted by Gasteiger charge is -2.06. The molecule has 6 nitrogen and oxygen atoms in total. The molecule has 2 aromatic carbocycles. The summed E-state index contributed by atoms with van der Waals surface area (Å²) in [6.07, 6.45) is 2.96. The van der Waals surface area contributed by atoms with Crippen molar-refractivity contribution >= 4 is 32.0 Å². The van der Waals surface area contributed by atoms with E-state index in [1.54, 1.807) is 30.5 Å². The van der Waals surface area contributed by atoms with Gasteiger partial charge in [0.15, 0.2) is 15.0 Å². The van der Waals surface area contributed by atoms with Gasteiger partial charge in [-0.1, -0.05) is 29.5 Å². The second kappa shape index (κ2) is 8.87. The van der Waals surface area contributed by atoms with Crippen molar-refractivity contribution < 1.29 is 13.2 Å². The molecule has 0 spiro atoms. The number of anilines is 2. The van der Waals surface area contributed by atoms with Crippen LogP contribution in [0.25, 0.3) is 11.3 Å². The predicted octanol–water partition coefficient (Wildman–Crippen LogP) is 5.24. The van der Waals surface area contributed by atoms with Crippen LogP contribution in [0.1, 0.15) is 10.6 Å². The van der Waals surface area contributed by atoms with E-state index in [9.17, 15) is 8.42 Å². The number of aryl methyl sites for hydroxylation is 1. The first-order valence-electron chi connectivity index (χ1n) is 9.56. The van der Waals surface area contributed by atoms with Crippen LogP contribution >= 0.6 is 11.3 Å². The first kappa shape index (κ1) is 21.0. The van der Waals surface area contributed by atoms with E-state index in [-0.39, 0.29) is 4.90 Å². The fourth-order valence-corrected chi connectivity index (χ4v) is 4.54. The van der Waals surface area contributed by atoms with E-state index >= 15 is 0 Å². The van der Waals surface area contributed by atoms with Crippen LogP contribution < -0.4 is 10.1 Å². The van der Waals surface area contributed by atoms with Crippen LogP contribution in [-0.2, 0) is 16.4 Å². The highest BCUT2D eigenvalue weighted by molar-refractivity contribution is 7.90. The number of nitrogens with zero attached hydrogens (tertiary/aromatic N) is 2. The Balaban J connectivity index is 1.62. The molecule has 0 amide bonds. The molecule has 8 heteroatoms. The maximum atomic E-state index is 11.7. The van der Waals surface area contributed by atoms with Crippen molar-refractivity contribution in [2.75, 3.05) is 11.6 Å². The summed E-state index contributed by atoms with van der Waals surface area (Å²) in [5.41, 5.74) is 3.47. The summed E-state index contributed by atoms with van der Waals surface area (Å²) in [4.78, 5) is 10.3. The van der Waals surface area contributed by atoms with Crippen molar-refractivity contribution in [3.63, 3.8) is 0 Å². The Labute approximate surface area is 185 Å². The van der Waals surface area contributed by atoms with Crippen LogP contribution in [0.5, 0.6) is 5.75 Å². The number of rotatable bonds is 7. The lowest BCUT2D eigenvalue weighted by atomic mass is 10.1. The largest absolute Gasteiger partial charge is 0.488 e. The Morgan fingerprint density at radius 2 is 1.77 bits per heavy atom. The molecule has 158 valence electrons. The normalized spacial score (nSPS) is 11.3. The predicted molar refractivity (Wildman–Crippen MR) is 124 cm³/mol. The second-order valence-corrected chi connectivity index (χ2v) is 10.1. The summed E-state index contributed by atoms with van der Waals surface area (Å²) in [5.74, 6) is 0.790. The first-order valence-corrected chi connectivity index (χ1v) is 12.3. The number of sulfone groups is 1. The van der Waals surface area contributed by atoms with Gasteiger partial charge in [0.1, 0.15) is 12.4 Å². The topological polar surface area (TPSA) is 81.2 Å². The summed E-state index contributed by atoms with van der Waals surface area (Å²) in [6.45, 7) is 2.32. The van der Waals surface area contributed by atoms with E-state index < -0.39 is 9.84 Å². The number of ether oxygens (including phenoxy) is 1. The van der Waals surface area contributed by atoms with Gasteiger partial charge in [-0.3, -0.25) is 4.98 Å². The Kier molecular flexibility index (Phi) is 6.01. The van der Waals surface area contributed by atoms with Crippen molar-refractivity contribution in [2.24, 2.45) is 0 Å². The lowest BCUT2D eigenvalue weighted by molar-refractivity contribution is 0.310. The SMILES string of the molecule is Cc1cc(-c2nc(Nc3ccc(S(C)(=O)=O)cc3)sc2COc2ccccc2)ccn1. The zero-order chi connectivity index (χ0) is 21.8. The molecule has 0 radical (unpaired) electrons. The van der Waals surface area contributed by atoms with Crippen LogP contribution in [0.2, 0.25) is 0 Å². The van der Waals surface area contributed by atoms with Gasteiger partial charge in [-0.25, -0.2) is 13.4 Å². The molecular weight excluding hydrogens is 430 g/mol. The Morgan fingerprint density at radius 3 is 2.45 bits per heavy atom. The lowest BCUT2D eigenvalue weighted by Crippen LogP contribution is -1.97. The minimum atomic E-state index is -3.23. The third-order valence-corrected chi connectivity index (χ3v) is 6.59. The highest BCUT2D eigenvalue weighted by Crippen LogP contribution is 2.34. The third-order valence-electron chi connectivity index (χ3n) is 4.51. The Morgan fingerprint density at radius 1 is 1.03 bits per heavy atom. The van der Waals surface area contributed by atoms with Crippen LogP contribution in [0, 0.1) is 6.92 Å². The number of para-hydroxylation sites is 1. The molecule has 0 aliphatic rings. The number of thiazole rings is 1. The summed E-state index contributed by atoms with van der Waals surface area (Å²) >= 11 is 1.50. The highest BCUT2D eigenvalue weighted by Gasteiger charge is 2.15. The zero-order valence-corrected chi connectivity index (χ0v) is 18.7. The van der Waals surface area contributed by atoms with Crippen molar-refractivity contribution in [3.05, 3.63) is 83.5 Å². The summed E-state index contributed by atoms with van der Waals surface area (Å²) in [6, 6.07) is 20.2. The van der Waals surface area contributed by atoms with Crippen LogP contribution in [0.4, 0.5) is 10.8 Å². The molecule has 2 aromatic heterocycles. The molecule has 0 saturated carbocycles. The quantitative estimate of drug-likeness (QED) is 0.414. The van der Waals surface area contributed by atoms with Gasteiger partial charge in [-0.2, -0.15) is 0 Å². The van der Waals surface area contributed by atoms with Crippen LogP contribution in [-0.4, -0.2) is 24.6 Å². The number of benzene rings is 2. The average molecular weight is 452 g/mol. The van der Waals surface area contributed by atoms with Gasteiger partial charge in [0, 0.05) is 29.4 Å². The number of nitrogens with one attached hydrogen (secondary N) is 1. The van der Waals surface area contributed by atoms with E-state index in [1.165, 1.54) is 17.6 Å². The number of hydrogen-bond donors (Lipinski definition) is 1. The van der Waals surface area contributed by atoms with Crippen molar-refractivity contribution in [3.8, 4) is 17.0 Å². The molecule has 4 aromatic rings. The van der Waals surface area contributed by atoms with Gasteiger partial charge in [0.2, 0.25) is 0 Å². The molecule has 0 fully saturated rings. The van der Waals surface area contributed by atoms with E-state index in [2.05, 4.69) is 10.3 Å². The van der Waals surface area contributed by atoms with E-state index in [1.807, 2.05) is 49.4 Å². The summed E-state index contributed by atoms with van der Waals surface area (Å²) in [7, 11) is -3.23. The second-order valence-electron chi connectivity index (χ2n) is 7.00. The van der Waals surface area contributed by atoms with Crippen LogP contribution in [0.15, 0.2) is 77.8 Å². The molecule has 0 bridgehead atoms. The van der Waals surface area contributed by atoms with Crippen LogP contribution in [0.3, 0.4) is 0 Å². The smallest absolute Gasteiger partial charge is 0.188 e. The first-order chi connectivity index (χ1) is 14.9. The maximum Gasteiger partial charge on any atom is 0.188 e. The average Bonchev–Trinajstić information content (AvgIpc) is 3.15. The molecule has 2 heterocycles. The molecule has 0 unspecified atom stereocenters. The van der Waals surface area contributed by atoms with Crippen molar-refractivity contribution in [1.82, 2.24) is 9.97 Å². The van der Waals surface area contributed by atoms with Crippen molar-refractivity contribution in [2.45, 2.75) is 18.4 Å². The fourth-order valence-electron chi connectivity index (χ4n) is 3.00. The fraction of sp³-hybridized carbons (Fsp3) is 0.130. The molecule has 0 saturated heterocycles. The van der Waals surface area contributed by atoms with Gasteiger partial charge in [-0.05, 0) is 55.5 Å². The molecule has 31 heavy (non-hydrogen) atoms. The zero-order valence-electron chi connectivity index (χ0n) is 17.1. The van der Waals surface area contributed by atoms with Gasteiger partial charge < -0.3 is 10.1 Å². The minimum Gasteiger partial charge on any atom is -0.488 e. The number of pyridine rings is 1. The summed E-state index contributed by atoms with van der Waals surface area (Å²) in [5, 5.41) is 3.96. The Bertz CT molecular complexity index is 1290. The van der Waals surface area contributed by atoms with Gasteiger partial charge in [-0.15, -0.1) is 0 Å². The molecule has 0 aliphatic heterocycles. The standard InChI is InChI=1S/C23H21N3O3S2/c1-16-14-17(12-13-24-16)22-21(15-29-19-6-4-3-5-7-19)30-23(26-22)25-18-8-10-20(11-9-18)31(2,27)28/h3-14H,15H2,1-2H3,(H,25,26). The number of aromatic nitrogens is 2. The number of hydrogen-bond acceptors (Lipinski definition) is 7. The van der Waals surface area contributed by atoms with Gasteiger partial charge in [0.05, 0.1) is 15.5 Å². The molecule has 0 aliphatic carbocycles. The third kappa shape index (κ3) is 5.28. The van der Waals surface area contributed by atoms with Crippen molar-refractivity contribution in [1.29, 1.82) is 0 Å². The maximum absolute atomic E-state index is 11.7. The highest BCUT2D eigenvalue weighted by atomic mass is 32.2. The Hall–Kier alpha value is -3.23. The monoisotopic (exact) mass is 451 g/mol. The molecular formula is C23H21N3O3S2. The minimum absolute atomic E-state index is 0.280. The van der Waals surface area contributed by atoms with Gasteiger partial charge >= 0.3 is 0 Å². The molecule has 0 atom stereocenters. The molecule has 4 rings (SSSR count). The van der Waals surface area contributed by atoms with E-state index in [4.69, 9.17) is 9.72 Å². The van der Waals surface area contributed by atoms with E-state index in [0.29, 0.717) is 11.7 Å². The van der Waals surface area contributed by atoms with Gasteiger partial charge in [0.25, 0.3) is 0 Å². The summed E-state index contributed by atoms with van der Waals surface area (Å²) < 4.78 is 29.3.